The van der Waals surface area contributed by atoms with E-state index in [9.17, 15) is 18.8 Å². The summed E-state index contributed by atoms with van der Waals surface area (Å²) in [6.07, 6.45) is 3.65. The summed E-state index contributed by atoms with van der Waals surface area (Å²) in [5, 5.41) is 2.47. The van der Waals surface area contributed by atoms with Crippen molar-refractivity contribution in [2.24, 2.45) is 0 Å². The number of ether oxygens (including phenoxy) is 3. The Morgan fingerprint density at radius 2 is 1.91 bits per heavy atom. The Hall–Kier alpha value is -4.14. The van der Waals surface area contributed by atoms with Gasteiger partial charge in [-0.15, -0.1) is 6.58 Å². The number of rotatable bonds is 10. The van der Waals surface area contributed by atoms with Gasteiger partial charge in [-0.1, -0.05) is 18.2 Å². The zero-order valence-corrected chi connectivity index (χ0v) is 18.9. The molecule has 0 aliphatic carbocycles. The maximum Gasteiger partial charge on any atom is 0.329 e. The highest BCUT2D eigenvalue weighted by molar-refractivity contribution is 6.15. The van der Waals surface area contributed by atoms with Crippen LogP contribution >= 0.6 is 0 Å². The van der Waals surface area contributed by atoms with Gasteiger partial charge in [-0.25, -0.2) is 14.1 Å². The van der Waals surface area contributed by atoms with Crippen molar-refractivity contribution < 1.29 is 33.0 Å². The van der Waals surface area contributed by atoms with Gasteiger partial charge in [-0.3, -0.25) is 9.59 Å². The number of hydrogen-bond acceptors (Lipinski definition) is 6. The molecule has 3 amide bonds. The Morgan fingerprint density at radius 3 is 2.56 bits per heavy atom. The average Bonchev–Trinajstić information content (AvgIpc) is 3.07. The lowest BCUT2D eigenvalue weighted by Crippen LogP contribution is -2.36. The van der Waals surface area contributed by atoms with E-state index in [1.807, 2.05) is 6.92 Å². The van der Waals surface area contributed by atoms with E-state index in [1.54, 1.807) is 30.3 Å². The normalized spacial score (nSPS) is 14.2. The number of benzene rings is 2. The van der Waals surface area contributed by atoms with Gasteiger partial charge < -0.3 is 19.5 Å². The van der Waals surface area contributed by atoms with Crippen LogP contribution in [-0.2, 0) is 27.4 Å². The first-order chi connectivity index (χ1) is 16.4. The van der Waals surface area contributed by atoms with E-state index in [-0.39, 0.29) is 18.1 Å². The van der Waals surface area contributed by atoms with Crippen LogP contribution in [0.3, 0.4) is 0 Å². The molecule has 3 rings (SSSR count). The van der Waals surface area contributed by atoms with Gasteiger partial charge in [-0.2, -0.15) is 0 Å². The smallest absolute Gasteiger partial charge is 0.329 e. The van der Waals surface area contributed by atoms with Gasteiger partial charge >= 0.3 is 12.0 Å². The molecule has 0 aromatic heterocycles. The van der Waals surface area contributed by atoms with Crippen LogP contribution in [0.2, 0.25) is 0 Å². The summed E-state index contributed by atoms with van der Waals surface area (Å²) in [6, 6.07) is 8.76. The Kier molecular flexibility index (Phi) is 8.02. The molecule has 0 atom stereocenters. The molecule has 0 unspecified atom stereocenters. The van der Waals surface area contributed by atoms with Gasteiger partial charge in [0.1, 0.15) is 24.7 Å². The van der Waals surface area contributed by atoms with Crippen LogP contribution in [0.4, 0.5) is 9.18 Å². The molecule has 2 aromatic rings. The summed E-state index contributed by atoms with van der Waals surface area (Å²) in [5.41, 5.74) is 2.13. The fourth-order valence-corrected chi connectivity index (χ4v) is 3.31. The highest BCUT2D eigenvalue weighted by atomic mass is 19.1. The third-order valence-corrected chi connectivity index (χ3v) is 4.90. The molecule has 1 saturated heterocycles. The van der Waals surface area contributed by atoms with E-state index < -0.39 is 24.5 Å². The van der Waals surface area contributed by atoms with E-state index >= 15 is 0 Å². The lowest BCUT2D eigenvalue weighted by molar-refractivity contribution is -0.143. The molecule has 1 fully saturated rings. The molecule has 0 radical (unpaired) electrons. The van der Waals surface area contributed by atoms with Crippen LogP contribution in [0.25, 0.3) is 6.08 Å². The number of allylic oxidation sites excluding steroid dienone is 1. The number of nitrogens with one attached hydrogen (secondary N) is 1. The molecule has 178 valence electrons. The molecule has 0 bridgehead atoms. The molecule has 1 aliphatic rings. The topological polar surface area (TPSA) is 94.2 Å². The Bertz CT molecular complexity index is 1130. The van der Waals surface area contributed by atoms with Crippen LogP contribution in [0, 0.1) is 5.82 Å². The van der Waals surface area contributed by atoms with Crippen molar-refractivity contribution in [3.05, 3.63) is 77.3 Å². The van der Waals surface area contributed by atoms with E-state index in [0.717, 1.165) is 16.0 Å². The minimum Gasteiger partial charge on any atom is -0.490 e. The van der Waals surface area contributed by atoms with Crippen molar-refractivity contribution in [1.29, 1.82) is 0 Å². The van der Waals surface area contributed by atoms with Crippen LogP contribution in [-0.4, -0.2) is 43.1 Å². The Morgan fingerprint density at radius 1 is 1.18 bits per heavy atom. The van der Waals surface area contributed by atoms with E-state index in [0.29, 0.717) is 30.1 Å². The number of imide groups is 1. The monoisotopic (exact) mass is 468 g/mol. The maximum atomic E-state index is 13.2. The third kappa shape index (κ3) is 5.80. The number of carbonyl (C=O) groups is 3. The highest BCUT2D eigenvalue weighted by Crippen LogP contribution is 2.35. The van der Waals surface area contributed by atoms with E-state index in [4.69, 9.17) is 9.47 Å². The average molecular weight is 468 g/mol. The minimum atomic E-state index is -0.711. The first-order valence-electron chi connectivity index (χ1n) is 10.6. The van der Waals surface area contributed by atoms with Crippen molar-refractivity contribution in [2.45, 2.75) is 20.0 Å². The van der Waals surface area contributed by atoms with Gasteiger partial charge in [-0.05, 0) is 54.8 Å². The number of hydrogen-bond donors (Lipinski definition) is 1. The van der Waals surface area contributed by atoms with E-state index in [2.05, 4.69) is 16.6 Å². The summed E-state index contributed by atoms with van der Waals surface area (Å²) in [5.74, 6) is -0.738. The summed E-state index contributed by atoms with van der Waals surface area (Å²) in [6.45, 7) is 5.69. The molecule has 1 N–H and O–H groups in total. The maximum absolute atomic E-state index is 13.2. The lowest BCUT2D eigenvalue weighted by atomic mass is 10.0. The number of carbonyl (C=O) groups excluding carboxylic acids is 3. The van der Waals surface area contributed by atoms with Gasteiger partial charge in [0.05, 0.1) is 13.7 Å². The molecular formula is C25H25FN2O6. The van der Waals surface area contributed by atoms with Crippen LogP contribution < -0.4 is 14.8 Å². The molecule has 1 aliphatic heterocycles. The predicted molar refractivity (Wildman–Crippen MR) is 122 cm³/mol. The minimum absolute atomic E-state index is 0.0147. The second-order valence-electron chi connectivity index (χ2n) is 7.30. The van der Waals surface area contributed by atoms with Crippen LogP contribution in [0.1, 0.15) is 23.6 Å². The largest absolute Gasteiger partial charge is 0.490 e. The Balaban J connectivity index is 1.92. The van der Waals surface area contributed by atoms with Gasteiger partial charge in [0.15, 0.2) is 11.5 Å². The summed E-state index contributed by atoms with van der Waals surface area (Å²) in [7, 11) is 1.17. The molecular weight excluding hydrogens is 443 g/mol. The quantitative estimate of drug-likeness (QED) is 0.248. The van der Waals surface area contributed by atoms with Crippen molar-refractivity contribution >= 4 is 24.0 Å². The van der Waals surface area contributed by atoms with Crippen molar-refractivity contribution in [3.63, 3.8) is 0 Å². The number of urea groups is 1. The molecule has 34 heavy (non-hydrogen) atoms. The number of amides is 3. The van der Waals surface area contributed by atoms with Crippen molar-refractivity contribution in [2.75, 3.05) is 20.3 Å². The van der Waals surface area contributed by atoms with Crippen LogP contribution in [0.15, 0.2) is 54.8 Å². The van der Waals surface area contributed by atoms with Gasteiger partial charge in [0.25, 0.3) is 5.91 Å². The second-order valence-corrected chi connectivity index (χ2v) is 7.30. The SMILES string of the molecule is C=CCc1cc(/C=C2/NC(=O)N(CC(=O)OC)C2=O)cc(OCC)c1OCc1ccc(F)cc1. The summed E-state index contributed by atoms with van der Waals surface area (Å²) >= 11 is 0. The zero-order chi connectivity index (χ0) is 24.7. The number of halogens is 1. The Labute approximate surface area is 196 Å². The standard InChI is InChI=1S/C25H25FN2O6/c1-4-6-18-11-17(12-20-24(30)28(25(31)27-20)14-22(29)32-3)13-21(33-5-2)23(18)34-15-16-7-9-19(26)10-8-16/h4,7-13H,1,5-6,14-15H2,2-3H3,(H,27,31)/b20-12+. The van der Waals surface area contributed by atoms with E-state index in [1.165, 1.54) is 25.3 Å². The first kappa shape index (κ1) is 24.5. The molecule has 1 heterocycles. The fraction of sp³-hybridized carbons (Fsp3) is 0.240. The fourth-order valence-electron chi connectivity index (χ4n) is 3.31. The number of esters is 1. The number of nitrogens with zero attached hydrogens (tertiary/aromatic N) is 1. The van der Waals surface area contributed by atoms with Gasteiger partial charge in [0, 0.05) is 5.56 Å². The van der Waals surface area contributed by atoms with Gasteiger partial charge in [0.2, 0.25) is 0 Å². The first-order valence-corrected chi connectivity index (χ1v) is 10.6. The summed E-state index contributed by atoms with van der Waals surface area (Å²) in [4.78, 5) is 37.0. The lowest BCUT2D eigenvalue weighted by Gasteiger charge is -2.17. The predicted octanol–water partition coefficient (Wildman–Crippen LogP) is 3.60. The molecule has 2 aromatic carbocycles. The molecule has 0 saturated carbocycles. The molecule has 9 heteroatoms. The highest BCUT2D eigenvalue weighted by Gasteiger charge is 2.35. The van der Waals surface area contributed by atoms with Crippen molar-refractivity contribution in [1.82, 2.24) is 10.2 Å². The number of methoxy groups -OCH3 is 1. The molecule has 8 nitrogen and oxygen atoms in total. The zero-order valence-electron chi connectivity index (χ0n) is 18.9. The molecule has 0 spiro atoms. The summed E-state index contributed by atoms with van der Waals surface area (Å²) < 4.78 is 29.5. The second kappa shape index (κ2) is 11.1. The van der Waals surface area contributed by atoms with Crippen molar-refractivity contribution in [3.8, 4) is 11.5 Å². The third-order valence-electron chi connectivity index (χ3n) is 4.90. The van der Waals surface area contributed by atoms with Crippen LogP contribution in [0.5, 0.6) is 11.5 Å².